The molecule has 0 saturated carbocycles. The van der Waals surface area contributed by atoms with E-state index in [2.05, 4.69) is 5.32 Å². The first-order chi connectivity index (χ1) is 9.47. The summed E-state index contributed by atoms with van der Waals surface area (Å²) in [4.78, 5) is 24.3. The van der Waals surface area contributed by atoms with Gasteiger partial charge in [0.15, 0.2) is 0 Å². The first-order valence-electron chi connectivity index (χ1n) is 6.74. The lowest BCUT2D eigenvalue weighted by Crippen LogP contribution is -2.44. The molecule has 0 bridgehead atoms. The van der Waals surface area contributed by atoms with E-state index in [1.807, 2.05) is 38.1 Å². The monoisotopic (exact) mass is 293 g/mol. The quantitative estimate of drug-likeness (QED) is 0.874. The summed E-state index contributed by atoms with van der Waals surface area (Å²) >= 11 is 1.56. The summed E-state index contributed by atoms with van der Waals surface area (Å²) < 4.78 is 0. The number of thioether (sulfide) groups is 1. The third-order valence-electron chi connectivity index (χ3n) is 3.47. The lowest BCUT2D eigenvalue weighted by molar-refractivity contribution is -0.138. The van der Waals surface area contributed by atoms with Gasteiger partial charge in [0.25, 0.3) is 0 Å². The number of carboxylic acids is 1. The topological polar surface area (TPSA) is 66.4 Å². The Morgan fingerprint density at radius 3 is 2.70 bits per heavy atom. The summed E-state index contributed by atoms with van der Waals surface area (Å²) in [5.41, 5.74) is 1.19. The number of rotatable bonds is 5. The van der Waals surface area contributed by atoms with Crippen LogP contribution in [0.3, 0.4) is 0 Å². The van der Waals surface area contributed by atoms with Crippen LogP contribution in [0.5, 0.6) is 0 Å². The highest BCUT2D eigenvalue weighted by atomic mass is 32.2. The van der Waals surface area contributed by atoms with E-state index in [-0.39, 0.29) is 29.5 Å². The molecule has 4 nitrogen and oxygen atoms in total. The average Bonchev–Trinajstić information content (AvgIpc) is 2.81. The van der Waals surface area contributed by atoms with Crippen LogP contribution in [0.4, 0.5) is 0 Å². The second kappa shape index (κ2) is 6.31. The molecule has 0 aromatic heterocycles. The molecule has 0 radical (unpaired) electrons. The Kier molecular flexibility index (Phi) is 4.70. The van der Waals surface area contributed by atoms with E-state index >= 15 is 0 Å². The molecule has 1 aromatic carbocycles. The van der Waals surface area contributed by atoms with Gasteiger partial charge in [0, 0.05) is 10.9 Å². The van der Waals surface area contributed by atoms with Gasteiger partial charge in [-0.15, -0.1) is 11.8 Å². The number of amides is 1. The second-order valence-corrected chi connectivity index (χ2v) is 6.62. The minimum Gasteiger partial charge on any atom is -0.481 e. The van der Waals surface area contributed by atoms with E-state index in [0.717, 1.165) is 4.90 Å². The predicted octanol–water partition coefficient (Wildman–Crippen LogP) is 2.32. The Morgan fingerprint density at radius 2 is 2.10 bits per heavy atom. The van der Waals surface area contributed by atoms with Gasteiger partial charge in [-0.25, -0.2) is 0 Å². The Hall–Kier alpha value is -1.49. The van der Waals surface area contributed by atoms with Crippen molar-refractivity contribution in [1.29, 1.82) is 0 Å². The number of benzene rings is 1. The van der Waals surface area contributed by atoms with Gasteiger partial charge in [-0.1, -0.05) is 32.0 Å². The maximum Gasteiger partial charge on any atom is 0.305 e. The Labute approximate surface area is 123 Å². The maximum absolute atomic E-state index is 12.3. The van der Waals surface area contributed by atoms with Crippen LogP contribution < -0.4 is 5.32 Å². The standard InChI is InChI=1S/C15H19NO3S/c1-9(2)11(8-14(17)18)16-15(19)13-7-10-5-3-4-6-12(10)20-13/h3-6,9,11,13H,7-8H2,1-2H3,(H,16,19)(H,17,18). The number of carboxylic acid groups (broad SMARTS) is 1. The molecule has 1 heterocycles. The molecule has 2 rings (SSSR count). The molecule has 0 fully saturated rings. The van der Waals surface area contributed by atoms with Gasteiger partial charge in [-0.2, -0.15) is 0 Å². The highest BCUT2D eigenvalue weighted by Gasteiger charge is 2.30. The molecule has 0 aliphatic carbocycles. The zero-order valence-corrected chi connectivity index (χ0v) is 12.4. The molecule has 0 saturated heterocycles. The van der Waals surface area contributed by atoms with Crippen molar-refractivity contribution in [2.24, 2.45) is 5.92 Å². The molecule has 1 aliphatic heterocycles. The van der Waals surface area contributed by atoms with Crippen molar-refractivity contribution >= 4 is 23.6 Å². The number of hydrogen-bond acceptors (Lipinski definition) is 3. The highest BCUT2D eigenvalue weighted by Crippen LogP contribution is 2.36. The molecule has 0 spiro atoms. The Bertz CT molecular complexity index is 491. The van der Waals surface area contributed by atoms with Gasteiger partial charge in [-0.3, -0.25) is 9.59 Å². The number of hydrogen-bond donors (Lipinski definition) is 2. The van der Waals surface area contributed by atoms with Gasteiger partial charge in [0.05, 0.1) is 11.7 Å². The van der Waals surface area contributed by atoms with Crippen LogP contribution in [0.25, 0.3) is 0 Å². The van der Waals surface area contributed by atoms with Crippen molar-refractivity contribution in [1.82, 2.24) is 5.32 Å². The summed E-state index contributed by atoms with van der Waals surface area (Å²) in [5, 5.41) is 11.6. The van der Waals surface area contributed by atoms with Crippen LogP contribution in [-0.4, -0.2) is 28.3 Å². The van der Waals surface area contributed by atoms with Crippen molar-refractivity contribution in [3.8, 4) is 0 Å². The molecular formula is C15H19NO3S. The van der Waals surface area contributed by atoms with E-state index in [1.54, 1.807) is 11.8 Å². The van der Waals surface area contributed by atoms with Crippen LogP contribution >= 0.6 is 11.8 Å². The molecule has 1 aliphatic rings. The van der Waals surface area contributed by atoms with Crippen molar-refractivity contribution in [3.05, 3.63) is 29.8 Å². The summed E-state index contributed by atoms with van der Waals surface area (Å²) in [6.07, 6.45) is 0.679. The van der Waals surface area contributed by atoms with Crippen LogP contribution in [0.1, 0.15) is 25.8 Å². The van der Waals surface area contributed by atoms with Gasteiger partial charge in [-0.05, 0) is 24.0 Å². The predicted molar refractivity (Wildman–Crippen MR) is 78.8 cm³/mol. The van der Waals surface area contributed by atoms with Crippen molar-refractivity contribution in [2.45, 2.75) is 42.9 Å². The SMILES string of the molecule is CC(C)C(CC(=O)O)NC(=O)C1Cc2ccccc2S1. The summed E-state index contributed by atoms with van der Waals surface area (Å²) in [5.74, 6) is -0.846. The molecule has 5 heteroatoms. The number of aliphatic carboxylic acids is 1. The van der Waals surface area contributed by atoms with E-state index in [0.29, 0.717) is 6.42 Å². The fraction of sp³-hybridized carbons (Fsp3) is 0.467. The third kappa shape index (κ3) is 3.54. The molecular weight excluding hydrogens is 274 g/mol. The van der Waals surface area contributed by atoms with Crippen LogP contribution in [0.15, 0.2) is 29.2 Å². The second-order valence-electron chi connectivity index (χ2n) is 5.38. The smallest absolute Gasteiger partial charge is 0.305 e. The lowest BCUT2D eigenvalue weighted by atomic mass is 10.0. The van der Waals surface area contributed by atoms with Crippen LogP contribution in [-0.2, 0) is 16.0 Å². The van der Waals surface area contributed by atoms with Crippen LogP contribution in [0.2, 0.25) is 0 Å². The number of nitrogens with one attached hydrogen (secondary N) is 1. The first-order valence-corrected chi connectivity index (χ1v) is 7.62. The van der Waals surface area contributed by atoms with E-state index in [9.17, 15) is 9.59 Å². The lowest BCUT2D eigenvalue weighted by Gasteiger charge is -2.22. The maximum atomic E-state index is 12.3. The minimum absolute atomic E-state index is 0.0340. The zero-order chi connectivity index (χ0) is 14.7. The van der Waals surface area contributed by atoms with Gasteiger partial charge < -0.3 is 10.4 Å². The Balaban J connectivity index is 1.97. The van der Waals surface area contributed by atoms with E-state index < -0.39 is 5.97 Å². The van der Waals surface area contributed by atoms with Gasteiger partial charge >= 0.3 is 5.97 Å². The van der Waals surface area contributed by atoms with Crippen molar-refractivity contribution in [3.63, 3.8) is 0 Å². The summed E-state index contributed by atoms with van der Waals surface area (Å²) in [6, 6.07) is 7.68. The third-order valence-corrected chi connectivity index (χ3v) is 4.78. The molecule has 1 aromatic rings. The summed E-state index contributed by atoms with van der Waals surface area (Å²) in [6.45, 7) is 3.84. The number of carbonyl (C=O) groups is 2. The van der Waals surface area contributed by atoms with E-state index in [4.69, 9.17) is 5.11 Å². The number of carbonyl (C=O) groups excluding carboxylic acids is 1. The largest absolute Gasteiger partial charge is 0.481 e. The molecule has 108 valence electrons. The molecule has 2 atom stereocenters. The highest BCUT2D eigenvalue weighted by molar-refractivity contribution is 8.01. The zero-order valence-electron chi connectivity index (χ0n) is 11.6. The van der Waals surface area contributed by atoms with Crippen LogP contribution in [0, 0.1) is 5.92 Å². The minimum atomic E-state index is -0.883. The fourth-order valence-corrected chi connectivity index (χ4v) is 3.45. The molecule has 20 heavy (non-hydrogen) atoms. The van der Waals surface area contributed by atoms with Gasteiger partial charge in [0.1, 0.15) is 0 Å². The van der Waals surface area contributed by atoms with Crippen molar-refractivity contribution in [2.75, 3.05) is 0 Å². The summed E-state index contributed by atoms with van der Waals surface area (Å²) in [7, 11) is 0. The molecule has 1 amide bonds. The molecule has 2 unspecified atom stereocenters. The van der Waals surface area contributed by atoms with Gasteiger partial charge in [0.2, 0.25) is 5.91 Å². The average molecular weight is 293 g/mol. The van der Waals surface area contributed by atoms with E-state index in [1.165, 1.54) is 5.56 Å². The fourth-order valence-electron chi connectivity index (χ4n) is 2.25. The van der Waals surface area contributed by atoms with Crippen molar-refractivity contribution < 1.29 is 14.7 Å². The Morgan fingerprint density at radius 1 is 1.40 bits per heavy atom. The normalized spacial score (nSPS) is 18.6. The number of fused-ring (bicyclic) bond motifs is 1. The first kappa shape index (κ1) is 14.9. The molecule has 2 N–H and O–H groups in total.